The SMILES string of the molecule is O=C1[C@H]2CC[C@@H]1[C@H](COC1CCCCC1)[C@@H]2C/C=C\CCCCO. The molecule has 0 aromatic heterocycles. The second-order valence-corrected chi connectivity index (χ2v) is 8.04. The van der Waals surface area contributed by atoms with Crippen LogP contribution in [-0.2, 0) is 9.53 Å². The standard InChI is InChI=1S/C21H34O3/c22-14-8-3-1-2-7-11-17-18-12-13-19(21(18)23)20(17)15-24-16-9-5-4-6-10-16/h2,7,16-20,22H,1,3-6,8-15H2/b7-2-/t17-,18+,19-,20-/m1/s1. The van der Waals surface area contributed by atoms with Crippen LogP contribution in [0.5, 0.6) is 0 Å². The number of allylic oxidation sites excluding steroid dienone is 2. The Morgan fingerprint density at radius 1 is 0.958 bits per heavy atom. The van der Waals surface area contributed by atoms with Crippen molar-refractivity contribution in [3.8, 4) is 0 Å². The van der Waals surface area contributed by atoms with Crippen LogP contribution in [0.3, 0.4) is 0 Å². The summed E-state index contributed by atoms with van der Waals surface area (Å²) in [5.41, 5.74) is 0. The molecule has 3 nitrogen and oxygen atoms in total. The number of unbranched alkanes of at least 4 members (excludes halogenated alkanes) is 2. The van der Waals surface area contributed by atoms with Gasteiger partial charge in [-0.05, 0) is 63.2 Å². The highest BCUT2D eigenvalue weighted by atomic mass is 16.5. The normalized spacial score (nSPS) is 33.8. The molecule has 0 unspecified atom stereocenters. The van der Waals surface area contributed by atoms with Crippen molar-refractivity contribution < 1.29 is 14.6 Å². The molecule has 0 aromatic carbocycles. The molecule has 0 radical (unpaired) electrons. The highest BCUT2D eigenvalue weighted by Gasteiger charge is 2.53. The fraction of sp³-hybridized carbons (Fsp3) is 0.857. The van der Waals surface area contributed by atoms with Gasteiger partial charge in [0.25, 0.3) is 0 Å². The smallest absolute Gasteiger partial charge is 0.139 e. The van der Waals surface area contributed by atoms with Crippen molar-refractivity contribution in [3.05, 3.63) is 12.2 Å². The van der Waals surface area contributed by atoms with Gasteiger partial charge in [0, 0.05) is 18.4 Å². The Labute approximate surface area is 146 Å². The lowest BCUT2D eigenvalue weighted by Crippen LogP contribution is -2.29. The van der Waals surface area contributed by atoms with E-state index in [0.29, 0.717) is 29.6 Å². The first-order chi connectivity index (χ1) is 11.8. The predicted octanol–water partition coefficient (Wildman–Crippen LogP) is 4.29. The fourth-order valence-corrected chi connectivity index (χ4v) is 5.17. The van der Waals surface area contributed by atoms with E-state index in [1.165, 1.54) is 32.1 Å². The summed E-state index contributed by atoms with van der Waals surface area (Å²) in [7, 11) is 0. The molecule has 3 aliphatic carbocycles. The molecule has 24 heavy (non-hydrogen) atoms. The molecule has 0 saturated heterocycles. The van der Waals surface area contributed by atoms with Crippen LogP contribution in [0.1, 0.15) is 70.6 Å². The quantitative estimate of drug-likeness (QED) is 0.505. The van der Waals surface area contributed by atoms with Crippen molar-refractivity contribution in [1.82, 2.24) is 0 Å². The average molecular weight is 335 g/mol. The second-order valence-electron chi connectivity index (χ2n) is 8.04. The summed E-state index contributed by atoms with van der Waals surface area (Å²) >= 11 is 0. The second kappa shape index (κ2) is 9.15. The van der Waals surface area contributed by atoms with Gasteiger partial charge in [-0.15, -0.1) is 0 Å². The molecular formula is C21H34O3. The number of aliphatic hydroxyl groups is 1. The Morgan fingerprint density at radius 3 is 2.46 bits per heavy atom. The topological polar surface area (TPSA) is 46.5 Å². The molecule has 1 N–H and O–H groups in total. The van der Waals surface area contributed by atoms with Crippen LogP contribution in [-0.4, -0.2) is 30.2 Å². The van der Waals surface area contributed by atoms with Crippen molar-refractivity contribution in [2.24, 2.45) is 23.7 Å². The molecule has 2 bridgehead atoms. The first kappa shape index (κ1) is 18.1. The molecule has 0 spiro atoms. The van der Waals surface area contributed by atoms with Gasteiger partial charge >= 0.3 is 0 Å². The number of rotatable bonds is 9. The van der Waals surface area contributed by atoms with E-state index in [4.69, 9.17) is 9.84 Å². The van der Waals surface area contributed by atoms with Gasteiger partial charge in [-0.2, -0.15) is 0 Å². The maximum Gasteiger partial charge on any atom is 0.139 e. The third kappa shape index (κ3) is 4.29. The van der Waals surface area contributed by atoms with Crippen molar-refractivity contribution >= 4 is 5.78 Å². The maximum absolute atomic E-state index is 12.5. The molecule has 136 valence electrons. The van der Waals surface area contributed by atoms with E-state index in [1.807, 2.05) is 0 Å². The molecule has 0 amide bonds. The molecular weight excluding hydrogens is 300 g/mol. The van der Waals surface area contributed by atoms with E-state index >= 15 is 0 Å². The van der Waals surface area contributed by atoms with Gasteiger partial charge < -0.3 is 9.84 Å². The fourth-order valence-electron chi connectivity index (χ4n) is 5.17. The summed E-state index contributed by atoms with van der Waals surface area (Å²) in [5, 5.41) is 8.82. The Balaban J connectivity index is 1.49. The first-order valence-electron chi connectivity index (χ1n) is 10.2. The molecule has 3 aliphatic rings. The summed E-state index contributed by atoms with van der Waals surface area (Å²) in [4.78, 5) is 12.5. The highest BCUT2D eigenvalue weighted by Crippen LogP contribution is 2.51. The zero-order chi connectivity index (χ0) is 16.8. The van der Waals surface area contributed by atoms with Crippen LogP contribution in [0.4, 0.5) is 0 Å². The van der Waals surface area contributed by atoms with Crippen molar-refractivity contribution in [2.45, 2.75) is 76.7 Å². The van der Waals surface area contributed by atoms with Crippen LogP contribution >= 0.6 is 0 Å². The number of fused-ring (bicyclic) bond motifs is 2. The molecule has 3 rings (SSSR count). The van der Waals surface area contributed by atoms with Crippen molar-refractivity contribution in [1.29, 1.82) is 0 Å². The number of ketones is 1. The summed E-state index contributed by atoms with van der Waals surface area (Å²) in [6.45, 7) is 1.09. The van der Waals surface area contributed by atoms with E-state index in [-0.39, 0.29) is 12.5 Å². The van der Waals surface area contributed by atoms with Gasteiger partial charge in [-0.3, -0.25) is 4.79 Å². The van der Waals surface area contributed by atoms with Gasteiger partial charge in [0.15, 0.2) is 0 Å². The minimum absolute atomic E-state index is 0.284. The van der Waals surface area contributed by atoms with E-state index in [1.54, 1.807) is 0 Å². The number of hydrogen-bond acceptors (Lipinski definition) is 3. The monoisotopic (exact) mass is 334 g/mol. The zero-order valence-electron chi connectivity index (χ0n) is 15.0. The summed E-state index contributed by atoms with van der Waals surface area (Å²) < 4.78 is 6.25. The lowest BCUT2D eigenvalue weighted by molar-refractivity contribution is -0.122. The van der Waals surface area contributed by atoms with Gasteiger partial charge in [-0.1, -0.05) is 31.4 Å². The summed E-state index contributed by atoms with van der Waals surface area (Å²) in [6.07, 6.45) is 17.6. The molecule has 0 aliphatic heterocycles. The van der Waals surface area contributed by atoms with Crippen molar-refractivity contribution in [2.75, 3.05) is 13.2 Å². The Morgan fingerprint density at radius 2 is 1.71 bits per heavy atom. The lowest BCUT2D eigenvalue weighted by Gasteiger charge is -2.31. The number of hydrogen-bond donors (Lipinski definition) is 1. The van der Waals surface area contributed by atoms with Crippen LogP contribution < -0.4 is 0 Å². The molecule has 4 atom stereocenters. The minimum atomic E-state index is 0.284. The number of carbonyl (C=O) groups is 1. The minimum Gasteiger partial charge on any atom is -0.396 e. The molecule has 0 aromatic rings. The Hall–Kier alpha value is -0.670. The molecule has 3 fully saturated rings. The third-order valence-corrected chi connectivity index (χ3v) is 6.53. The zero-order valence-corrected chi connectivity index (χ0v) is 15.0. The first-order valence-corrected chi connectivity index (χ1v) is 10.2. The van der Waals surface area contributed by atoms with Crippen molar-refractivity contribution in [3.63, 3.8) is 0 Å². The van der Waals surface area contributed by atoms with Gasteiger partial charge in [0.2, 0.25) is 0 Å². The number of aliphatic hydroxyl groups excluding tert-OH is 1. The van der Waals surface area contributed by atoms with Gasteiger partial charge in [0.05, 0.1) is 12.7 Å². The van der Waals surface area contributed by atoms with Gasteiger partial charge in [0.1, 0.15) is 5.78 Å². The summed E-state index contributed by atoms with van der Waals surface area (Å²) in [6, 6.07) is 0. The van der Waals surface area contributed by atoms with E-state index in [9.17, 15) is 4.79 Å². The number of Topliss-reactive ketones (excluding diaryl/α,β-unsaturated/α-hetero) is 1. The van der Waals surface area contributed by atoms with Crippen LogP contribution in [0, 0.1) is 23.7 Å². The maximum atomic E-state index is 12.5. The van der Waals surface area contributed by atoms with E-state index < -0.39 is 0 Å². The van der Waals surface area contributed by atoms with Gasteiger partial charge in [-0.25, -0.2) is 0 Å². The average Bonchev–Trinajstić information content (AvgIpc) is 3.10. The number of carbonyl (C=O) groups excluding carboxylic acids is 1. The van der Waals surface area contributed by atoms with E-state index in [0.717, 1.165) is 45.1 Å². The van der Waals surface area contributed by atoms with E-state index in [2.05, 4.69) is 12.2 Å². The summed E-state index contributed by atoms with van der Waals surface area (Å²) in [5.74, 6) is 2.09. The molecule has 0 heterocycles. The molecule has 3 heteroatoms. The molecule has 3 saturated carbocycles. The third-order valence-electron chi connectivity index (χ3n) is 6.53. The number of ether oxygens (including phenoxy) is 1. The van der Waals surface area contributed by atoms with Crippen LogP contribution in [0.15, 0.2) is 12.2 Å². The van der Waals surface area contributed by atoms with Crippen LogP contribution in [0.2, 0.25) is 0 Å². The largest absolute Gasteiger partial charge is 0.396 e. The highest BCUT2D eigenvalue weighted by molar-refractivity contribution is 5.88. The Kier molecular flexibility index (Phi) is 6.91. The Bertz CT molecular complexity index is 425. The lowest BCUT2D eigenvalue weighted by atomic mass is 9.78. The predicted molar refractivity (Wildman–Crippen MR) is 95.7 cm³/mol. The van der Waals surface area contributed by atoms with Crippen LogP contribution in [0.25, 0.3) is 0 Å².